The van der Waals surface area contributed by atoms with Crippen molar-refractivity contribution in [1.82, 2.24) is 5.32 Å². The summed E-state index contributed by atoms with van der Waals surface area (Å²) in [5, 5.41) is 28.4. The number of aliphatic hydroxyl groups is 2. The van der Waals surface area contributed by atoms with Crippen LogP contribution in [0.1, 0.15) is 93.1 Å². The number of methoxy groups -OCH3 is 1. The summed E-state index contributed by atoms with van der Waals surface area (Å²) in [6, 6.07) is 24.7. The summed E-state index contributed by atoms with van der Waals surface area (Å²) >= 11 is 0. The molecule has 2 heterocycles. The molecule has 2 aliphatic heterocycles. The quantitative estimate of drug-likeness (QED) is 0.128. The lowest BCUT2D eigenvalue weighted by atomic mass is 9.47. The van der Waals surface area contributed by atoms with Gasteiger partial charge in [-0.25, -0.2) is 9.59 Å². The van der Waals surface area contributed by atoms with E-state index in [1.807, 2.05) is 34.6 Å². The number of carbonyl (C=O) groups is 3. The summed E-state index contributed by atoms with van der Waals surface area (Å²) < 4.78 is 39.2. The van der Waals surface area contributed by atoms with Crippen molar-refractivity contribution in [3.63, 3.8) is 0 Å². The van der Waals surface area contributed by atoms with E-state index in [2.05, 4.69) is 12.2 Å². The largest absolute Gasteiger partial charge is 0.456 e. The first-order chi connectivity index (χ1) is 28.0. The molecule has 0 aromatic heterocycles. The predicted octanol–water partition coefficient (Wildman–Crippen LogP) is 5.87. The fourth-order valence-corrected chi connectivity index (χ4v) is 10.9. The molecule has 1 amide bonds. The van der Waals surface area contributed by atoms with E-state index in [0.29, 0.717) is 40.7 Å². The van der Waals surface area contributed by atoms with Crippen molar-refractivity contribution in [2.45, 2.75) is 120 Å². The molecule has 3 aromatic carbocycles. The van der Waals surface area contributed by atoms with Crippen LogP contribution in [0.2, 0.25) is 0 Å². The lowest BCUT2D eigenvalue weighted by Gasteiger charge is -2.62. The van der Waals surface area contributed by atoms with Gasteiger partial charge in [0.1, 0.15) is 29.5 Å². The Morgan fingerprint density at radius 1 is 0.847 bits per heavy atom. The van der Waals surface area contributed by atoms with Gasteiger partial charge in [0, 0.05) is 35.8 Å². The van der Waals surface area contributed by atoms with Gasteiger partial charge in [-0.3, -0.25) is 4.79 Å². The summed E-state index contributed by atoms with van der Waals surface area (Å²) in [4.78, 5) is 42.1. The Balaban J connectivity index is 1.24. The Morgan fingerprint density at radius 2 is 1.46 bits per heavy atom. The number of benzene rings is 3. The van der Waals surface area contributed by atoms with Gasteiger partial charge < -0.3 is 44.0 Å². The topological polar surface area (TPSA) is 162 Å². The fraction of sp³-hybridized carbons (Fsp3) is 0.511. The molecule has 2 saturated heterocycles. The second kappa shape index (κ2) is 14.9. The van der Waals surface area contributed by atoms with Crippen molar-refractivity contribution < 1.29 is 53.0 Å². The molecule has 0 radical (unpaired) electrons. The van der Waals surface area contributed by atoms with Crippen LogP contribution < -0.4 is 5.32 Å². The van der Waals surface area contributed by atoms with E-state index in [4.69, 9.17) is 28.4 Å². The zero-order valence-corrected chi connectivity index (χ0v) is 34.7. The van der Waals surface area contributed by atoms with Crippen LogP contribution in [0.25, 0.3) is 0 Å². The highest BCUT2D eigenvalue weighted by atomic mass is 16.8. The molecule has 4 fully saturated rings. The van der Waals surface area contributed by atoms with E-state index in [9.17, 15) is 24.6 Å². The van der Waals surface area contributed by atoms with E-state index >= 15 is 0 Å². The number of rotatable bonds is 10. The Bertz CT molecular complexity index is 2110. The van der Waals surface area contributed by atoms with Crippen LogP contribution in [0.4, 0.5) is 0 Å². The van der Waals surface area contributed by atoms with E-state index in [0.717, 1.165) is 0 Å². The summed E-state index contributed by atoms with van der Waals surface area (Å²) in [5.74, 6) is -3.86. The van der Waals surface area contributed by atoms with Crippen molar-refractivity contribution in [3.05, 3.63) is 119 Å². The van der Waals surface area contributed by atoms with Crippen LogP contribution in [0.5, 0.6) is 0 Å². The fourth-order valence-electron chi connectivity index (χ4n) is 10.9. The van der Waals surface area contributed by atoms with Gasteiger partial charge in [-0.2, -0.15) is 0 Å². The highest BCUT2D eigenvalue weighted by Crippen LogP contribution is 2.69. The minimum absolute atomic E-state index is 0.178. The third kappa shape index (κ3) is 6.82. The average molecular weight is 810 g/mol. The lowest BCUT2D eigenvalue weighted by molar-refractivity contribution is -0.234. The third-order valence-corrected chi connectivity index (χ3v) is 13.9. The molecule has 12 heteroatoms. The molecule has 314 valence electrons. The van der Waals surface area contributed by atoms with Crippen LogP contribution in [0.3, 0.4) is 0 Å². The van der Waals surface area contributed by atoms with E-state index < -0.39 is 88.1 Å². The van der Waals surface area contributed by atoms with Gasteiger partial charge in [-0.05, 0) is 74.6 Å². The number of nitrogens with one attached hydrogen (secondary N) is 1. The van der Waals surface area contributed by atoms with Crippen LogP contribution in [-0.2, 0) is 33.2 Å². The molecule has 59 heavy (non-hydrogen) atoms. The van der Waals surface area contributed by atoms with Gasteiger partial charge in [0.25, 0.3) is 5.91 Å². The maximum absolute atomic E-state index is 14.4. The van der Waals surface area contributed by atoms with E-state index in [1.54, 1.807) is 98.1 Å². The number of fused-ring (bicyclic) bond motifs is 8. The van der Waals surface area contributed by atoms with Crippen LogP contribution in [0, 0.1) is 16.7 Å². The standard InChI is InChI=1S/C47H55NO11/c1-27-31(55-42(52)35(49)34(28-17-11-8-12-18-28)48-40(50)29-19-13-9-14-20-29)25-47(53)39(56-41(51)30-21-15-10-16-22-30)37-45(6,24-23-32-46(37,57-32)26-54-7)38-36(33(27)43(47,2)3)58-44(4,5)59-38/h8-22,31-32,34-39,49,53H,23-26H2,1-7H3,(H,48,50)/t31?,32-,34-,35+,36+,37-,38-,39-,45+,46-,47+/m0/s1. The Morgan fingerprint density at radius 3 is 2.08 bits per heavy atom. The lowest BCUT2D eigenvalue weighted by Crippen LogP contribution is -2.72. The molecule has 8 rings (SSSR count). The maximum Gasteiger partial charge on any atom is 0.338 e. The zero-order chi connectivity index (χ0) is 42.1. The van der Waals surface area contributed by atoms with Crippen molar-refractivity contribution in [1.29, 1.82) is 0 Å². The average Bonchev–Trinajstić information content (AvgIpc) is 3.84. The molecule has 12 nitrogen and oxygen atoms in total. The van der Waals surface area contributed by atoms with Crippen LogP contribution >= 0.6 is 0 Å². The molecular weight excluding hydrogens is 755 g/mol. The molecule has 5 aliphatic rings. The Labute approximate surface area is 345 Å². The highest BCUT2D eigenvalue weighted by Gasteiger charge is 2.79. The molecular formula is C47H55NO11. The summed E-state index contributed by atoms with van der Waals surface area (Å²) in [7, 11) is 1.60. The molecule has 2 bridgehead atoms. The number of amides is 1. The molecule has 1 unspecified atom stereocenters. The van der Waals surface area contributed by atoms with Gasteiger partial charge in [0.15, 0.2) is 11.9 Å². The van der Waals surface area contributed by atoms with Crippen molar-refractivity contribution >= 4 is 17.8 Å². The number of ether oxygens (including phenoxy) is 6. The smallest absolute Gasteiger partial charge is 0.338 e. The summed E-state index contributed by atoms with van der Waals surface area (Å²) in [5.41, 5.74) is -2.37. The first-order valence-electron chi connectivity index (χ1n) is 20.5. The maximum atomic E-state index is 14.4. The molecule has 2 saturated carbocycles. The van der Waals surface area contributed by atoms with Crippen molar-refractivity contribution in [3.8, 4) is 0 Å². The second-order valence-electron chi connectivity index (χ2n) is 18.1. The first kappa shape index (κ1) is 41.3. The predicted molar refractivity (Wildman–Crippen MR) is 215 cm³/mol. The minimum atomic E-state index is -1.91. The number of hydrogen-bond donors (Lipinski definition) is 3. The Kier molecular flexibility index (Phi) is 10.5. The number of carbonyl (C=O) groups excluding carboxylic acids is 3. The van der Waals surface area contributed by atoms with E-state index in [-0.39, 0.29) is 19.1 Å². The summed E-state index contributed by atoms with van der Waals surface area (Å²) in [6.45, 7) is 11.6. The van der Waals surface area contributed by atoms with Crippen molar-refractivity contribution in [2.24, 2.45) is 16.7 Å². The molecule has 3 aliphatic carbocycles. The third-order valence-electron chi connectivity index (χ3n) is 13.9. The molecule has 3 N–H and O–H groups in total. The zero-order valence-electron chi connectivity index (χ0n) is 34.7. The monoisotopic (exact) mass is 809 g/mol. The number of epoxide rings is 1. The molecule has 11 atom stereocenters. The van der Waals surface area contributed by atoms with Crippen LogP contribution in [-0.4, -0.2) is 95.4 Å². The number of hydrogen-bond acceptors (Lipinski definition) is 11. The molecule has 3 aromatic rings. The summed E-state index contributed by atoms with van der Waals surface area (Å²) in [6.07, 6.45) is -4.63. The van der Waals surface area contributed by atoms with Gasteiger partial charge in [0.05, 0.1) is 30.4 Å². The SMILES string of the molecule is COC[C@]12O[C@H]1CC[C@@]1(C)[C@H]3OC(C)(C)O[C@@H]3C3=C(C)C(OC(=O)[C@H](O)[C@@H](NC(=O)c4ccccc4)c4ccccc4)C[C@@](O)([C@@H](OC(=O)c4ccccc4)[C@@H]12)C3(C)C. The Hall–Kier alpha value is -4.43. The van der Waals surface area contributed by atoms with Gasteiger partial charge in [-0.15, -0.1) is 0 Å². The van der Waals surface area contributed by atoms with Gasteiger partial charge in [0.2, 0.25) is 0 Å². The minimum Gasteiger partial charge on any atom is -0.456 e. The van der Waals surface area contributed by atoms with Gasteiger partial charge >= 0.3 is 11.9 Å². The second-order valence-corrected chi connectivity index (χ2v) is 18.1. The van der Waals surface area contributed by atoms with Crippen molar-refractivity contribution in [2.75, 3.05) is 13.7 Å². The first-order valence-corrected chi connectivity index (χ1v) is 20.5. The highest BCUT2D eigenvalue weighted by molar-refractivity contribution is 5.95. The number of aliphatic hydroxyl groups excluding tert-OH is 1. The van der Waals surface area contributed by atoms with Crippen LogP contribution in [0.15, 0.2) is 102 Å². The normalized spacial score (nSPS) is 34.7. The van der Waals surface area contributed by atoms with Gasteiger partial charge in [-0.1, -0.05) is 87.5 Å². The molecule has 0 spiro atoms. The van der Waals surface area contributed by atoms with E-state index in [1.165, 1.54) is 0 Å². The number of esters is 2.